The molecule has 144 valence electrons. The van der Waals surface area contributed by atoms with Crippen molar-refractivity contribution in [3.63, 3.8) is 0 Å². The first kappa shape index (κ1) is 19.5. The van der Waals surface area contributed by atoms with Crippen LogP contribution in [0.3, 0.4) is 0 Å². The largest absolute Gasteiger partial charge is 0.321 e. The Morgan fingerprint density at radius 3 is 2.17 bits per heavy atom. The molecular weight excluding hydrogens is 388 g/mol. The van der Waals surface area contributed by atoms with Crippen LogP contribution in [0.2, 0.25) is 0 Å². The van der Waals surface area contributed by atoms with E-state index in [1.54, 1.807) is 12.1 Å². The standard InChI is InChI=1S/C26H18N2OS/c27-18-20-12-4-8-16-24(20)30-25-17-9-6-14-22(25)26(29)28-23-15-7-5-13-21(23)19-10-2-1-3-11-19/h1-17H,(H,28,29). The Morgan fingerprint density at radius 1 is 0.733 bits per heavy atom. The van der Waals surface area contributed by atoms with Gasteiger partial charge in [-0.25, -0.2) is 0 Å². The highest BCUT2D eigenvalue weighted by Crippen LogP contribution is 2.34. The zero-order valence-electron chi connectivity index (χ0n) is 16.1. The van der Waals surface area contributed by atoms with Crippen LogP contribution in [0.25, 0.3) is 11.1 Å². The van der Waals surface area contributed by atoms with Crippen LogP contribution in [0.4, 0.5) is 5.69 Å². The number of anilines is 1. The molecule has 0 unspecified atom stereocenters. The van der Waals surface area contributed by atoms with Crippen molar-refractivity contribution in [2.45, 2.75) is 9.79 Å². The Balaban J connectivity index is 1.64. The van der Waals surface area contributed by atoms with Gasteiger partial charge in [0, 0.05) is 21.0 Å². The minimum Gasteiger partial charge on any atom is -0.321 e. The number of nitriles is 1. The Morgan fingerprint density at radius 2 is 1.37 bits per heavy atom. The quantitative estimate of drug-likeness (QED) is 0.405. The molecule has 0 saturated heterocycles. The Hall–Kier alpha value is -3.81. The fourth-order valence-electron chi connectivity index (χ4n) is 3.16. The summed E-state index contributed by atoms with van der Waals surface area (Å²) < 4.78 is 0. The molecule has 0 spiro atoms. The number of amides is 1. The van der Waals surface area contributed by atoms with E-state index in [4.69, 9.17) is 0 Å². The van der Waals surface area contributed by atoms with Crippen LogP contribution < -0.4 is 5.32 Å². The van der Waals surface area contributed by atoms with Gasteiger partial charge in [0.15, 0.2) is 0 Å². The molecule has 0 saturated carbocycles. The first-order valence-corrected chi connectivity index (χ1v) is 10.3. The van der Waals surface area contributed by atoms with Crippen molar-refractivity contribution in [1.29, 1.82) is 5.26 Å². The van der Waals surface area contributed by atoms with Gasteiger partial charge < -0.3 is 5.32 Å². The van der Waals surface area contributed by atoms with Gasteiger partial charge in [-0.05, 0) is 35.9 Å². The summed E-state index contributed by atoms with van der Waals surface area (Å²) in [5.41, 5.74) is 3.92. The lowest BCUT2D eigenvalue weighted by Crippen LogP contribution is -2.13. The second-order valence-electron chi connectivity index (χ2n) is 6.57. The van der Waals surface area contributed by atoms with Gasteiger partial charge in [0.05, 0.1) is 11.1 Å². The molecule has 0 aromatic heterocycles. The fraction of sp³-hybridized carbons (Fsp3) is 0. The molecule has 0 radical (unpaired) electrons. The third-order valence-electron chi connectivity index (χ3n) is 4.62. The Bertz CT molecular complexity index is 1230. The van der Waals surface area contributed by atoms with Gasteiger partial charge in [0.2, 0.25) is 0 Å². The monoisotopic (exact) mass is 406 g/mol. The molecule has 0 fully saturated rings. The third kappa shape index (κ3) is 4.27. The van der Waals surface area contributed by atoms with Crippen LogP contribution >= 0.6 is 11.8 Å². The zero-order valence-corrected chi connectivity index (χ0v) is 16.9. The maximum atomic E-state index is 13.2. The van der Waals surface area contributed by atoms with E-state index >= 15 is 0 Å². The first-order valence-electron chi connectivity index (χ1n) is 9.48. The third-order valence-corrected chi connectivity index (χ3v) is 5.77. The molecule has 1 amide bonds. The van der Waals surface area contributed by atoms with E-state index in [2.05, 4.69) is 11.4 Å². The van der Waals surface area contributed by atoms with Crippen LogP contribution in [-0.4, -0.2) is 5.91 Å². The van der Waals surface area contributed by atoms with Crippen molar-refractivity contribution in [1.82, 2.24) is 0 Å². The Labute approximate surface area is 180 Å². The predicted octanol–water partition coefficient (Wildman–Crippen LogP) is 6.63. The molecule has 0 aliphatic carbocycles. The van der Waals surface area contributed by atoms with Gasteiger partial charge in [0.1, 0.15) is 6.07 Å². The van der Waals surface area contributed by atoms with E-state index in [9.17, 15) is 10.1 Å². The summed E-state index contributed by atoms with van der Waals surface area (Å²) in [5.74, 6) is -0.184. The molecule has 4 aromatic carbocycles. The van der Waals surface area contributed by atoms with Gasteiger partial charge in [-0.3, -0.25) is 4.79 Å². The molecule has 0 heterocycles. The molecule has 30 heavy (non-hydrogen) atoms. The number of carbonyl (C=O) groups is 1. The number of para-hydroxylation sites is 1. The average molecular weight is 407 g/mol. The highest BCUT2D eigenvalue weighted by Gasteiger charge is 2.15. The van der Waals surface area contributed by atoms with Crippen LogP contribution in [0.15, 0.2) is 113 Å². The van der Waals surface area contributed by atoms with Crippen molar-refractivity contribution in [2.24, 2.45) is 0 Å². The highest BCUT2D eigenvalue weighted by molar-refractivity contribution is 7.99. The zero-order chi connectivity index (χ0) is 20.8. The summed E-state index contributed by atoms with van der Waals surface area (Å²) in [4.78, 5) is 14.8. The topological polar surface area (TPSA) is 52.9 Å². The first-order chi connectivity index (χ1) is 14.8. The van der Waals surface area contributed by atoms with E-state index in [1.165, 1.54) is 11.8 Å². The van der Waals surface area contributed by atoms with Crippen LogP contribution in [0, 0.1) is 11.3 Å². The minimum atomic E-state index is -0.184. The summed E-state index contributed by atoms with van der Waals surface area (Å²) in [6, 6.07) is 34.8. The number of carbonyl (C=O) groups excluding carboxylic acids is 1. The Kier molecular flexibility index (Phi) is 5.93. The number of rotatable bonds is 5. The summed E-state index contributed by atoms with van der Waals surface area (Å²) >= 11 is 1.42. The van der Waals surface area contributed by atoms with E-state index in [-0.39, 0.29) is 5.91 Å². The van der Waals surface area contributed by atoms with Gasteiger partial charge in [-0.15, -0.1) is 0 Å². The van der Waals surface area contributed by atoms with Crippen LogP contribution in [0.5, 0.6) is 0 Å². The average Bonchev–Trinajstić information content (AvgIpc) is 2.81. The fourth-order valence-corrected chi connectivity index (χ4v) is 4.19. The predicted molar refractivity (Wildman–Crippen MR) is 122 cm³/mol. The van der Waals surface area contributed by atoms with Crippen molar-refractivity contribution < 1.29 is 4.79 Å². The van der Waals surface area contributed by atoms with Crippen LogP contribution in [0.1, 0.15) is 15.9 Å². The number of nitrogens with one attached hydrogen (secondary N) is 1. The summed E-state index contributed by atoms with van der Waals surface area (Å²) in [6.07, 6.45) is 0. The molecule has 0 atom stereocenters. The molecule has 0 aliphatic rings. The molecule has 0 aliphatic heterocycles. The van der Waals surface area contributed by atoms with E-state index in [0.717, 1.165) is 26.6 Å². The van der Waals surface area contributed by atoms with Crippen molar-refractivity contribution >= 4 is 23.4 Å². The van der Waals surface area contributed by atoms with Crippen molar-refractivity contribution in [2.75, 3.05) is 5.32 Å². The lowest BCUT2D eigenvalue weighted by molar-refractivity contribution is 0.102. The smallest absolute Gasteiger partial charge is 0.256 e. The summed E-state index contributed by atoms with van der Waals surface area (Å²) in [6.45, 7) is 0. The van der Waals surface area contributed by atoms with Crippen LogP contribution in [-0.2, 0) is 0 Å². The minimum absolute atomic E-state index is 0.184. The number of nitrogens with zero attached hydrogens (tertiary/aromatic N) is 1. The molecule has 4 heteroatoms. The van der Waals surface area contributed by atoms with E-state index < -0.39 is 0 Å². The maximum absolute atomic E-state index is 13.2. The number of hydrogen-bond donors (Lipinski definition) is 1. The second kappa shape index (κ2) is 9.13. The molecule has 4 rings (SSSR count). The number of hydrogen-bond acceptors (Lipinski definition) is 3. The number of benzene rings is 4. The lowest BCUT2D eigenvalue weighted by atomic mass is 10.0. The summed E-state index contributed by atoms with van der Waals surface area (Å²) in [7, 11) is 0. The van der Waals surface area contributed by atoms with Crippen molar-refractivity contribution in [3.05, 3.63) is 114 Å². The summed E-state index contributed by atoms with van der Waals surface area (Å²) in [5, 5.41) is 12.4. The molecule has 3 nitrogen and oxygen atoms in total. The molecule has 4 aromatic rings. The molecule has 0 bridgehead atoms. The van der Waals surface area contributed by atoms with E-state index in [1.807, 2.05) is 91.0 Å². The maximum Gasteiger partial charge on any atom is 0.256 e. The van der Waals surface area contributed by atoms with Crippen molar-refractivity contribution in [3.8, 4) is 17.2 Å². The second-order valence-corrected chi connectivity index (χ2v) is 7.66. The van der Waals surface area contributed by atoms with Gasteiger partial charge >= 0.3 is 0 Å². The van der Waals surface area contributed by atoms with Gasteiger partial charge in [-0.2, -0.15) is 5.26 Å². The normalized spacial score (nSPS) is 10.2. The molecule has 1 N–H and O–H groups in total. The van der Waals surface area contributed by atoms with Gasteiger partial charge in [-0.1, -0.05) is 84.6 Å². The van der Waals surface area contributed by atoms with Gasteiger partial charge in [0.25, 0.3) is 5.91 Å². The SMILES string of the molecule is N#Cc1ccccc1Sc1ccccc1C(=O)Nc1ccccc1-c1ccccc1. The molecular formula is C26H18N2OS. The highest BCUT2D eigenvalue weighted by atomic mass is 32.2. The lowest BCUT2D eigenvalue weighted by Gasteiger charge is -2.13. The van der Waals surface area contributed by atoms with E-state index in [0.29, 0.717) is 11.1 Å².